The summed E-state index contributed by atoms with van der Waals surface area (Å²) in [7, 11) is 1.34. The molecule has 0 saturated heterocycles. The summed E-state index contributed by atoms with van der Waals surface area (Å²) in [5.74, 6) is 0.156. The first-order valence-corrected chi connectivity index (χ1v) is 6.92. The summed E-state index contributed by atoms with van der Waals surface area (Å²) in [6, 6.07) is 5.99. The van der Waals surface area contributed by atoms with Crippen molar-refractivity contribution in [3.8, 4) is 11.5 Å². The first-order chi connectivity index (χ1) is 9.75. The van der Waals surface area contributed by atoms with Gasteiger partial charge in [-0.15, -0.1) is 0 Å². The minimum Gasteiger partial charge on any atom is -0.463 e. The second-order valence-corrected chi connectivity index (χ2v) is 6.21. The second kappa shape index (κ2) is 5.35. The van der Waals surface area contributed by atoms with Crippen LogP contribution in [0.15, 0.2) is 22.6 Å². The van der Waals surface area contributed by atoms with Crippen molar-refractivity contribution in [2.75, 3.05) is 7.11 Å². The first kappa shape index (κ1) is 15.3. The predicted molar refractivity (Wildman–Crippen MR) is 81.5 cm³/mol. The fourth-order valence-electron chi connectivity index (χ4n) is 2.32. The van der Waals surface area contributed by atoms with Crippen LogP contribution in [0, 0.1) is 13.8 Å². The molecule has 0 bridgehead atoms. The fourth-order valence-corrected chi connectivity index (χ4v) is 2.32. The van der Waals surface area contributed by atoms with Gasteiger partial charge in [-0.3, -0.25) is 0 Å². The number of ether oxygens (including phenoxy) is 1. The van der Waals surface area contributed by atoms with Gasteiger partial charge in [0.1, 0.15) is 5.69 Å². The van der Waals surface area contributed by atoms with Crippen molar-refractivity contribution in [3.63, 3.8) is 0 Å². The van der Waals surface area contributed by atoms with E-state index in [1.54, 1.807) is 0 Å². The lowest BCUT2D eigenvalue weighted by Crippen LogP contribution is -2.17. The summed E-state index contributed by atoms with van der Waals surface area (Å²) in [5, 5.41) is 0. The smallest absolute Gasteiger partial charge is 0.376 e. The van der Waals surface area contributed by atoms with Crippen LogP contribution in [0.5, 0.6) is 0 Å². The molecule has 1 heterocycles. The Morgan fingerprint density at radius 2 is 1.76 bits per heavy atom. The molecule has 0 fully saturated rings. The molecule has 0 aliphatic heterocycles. The van der Waals surface area contributed by atoms with Crippen molar-refractivity contribution in [2.24, 2.45) is 0 Å². The Hall–Kier alpha value is -2.10. The predicted octanol–water partition coefficient (Wildman–Crippen LogP) is 4.04. The summed E-state index contributed by atoms with van der Waals surface area (Å²) in [6.45, 7) is 9.98. The molecule has 0 amide bonds. The first-order valence-electron chi connectivity index (χ1n) is 6.92. The average Bonchev–Trinajstić information content (AvgIpc) is 2.82. The molecular weight excluding hydrogens is 266 g/mol. The number of aromatic nitrogens is 1. The summed E-state index contributed by atoms with van der Waals surface area (Å²) in [4.78, 5) is 16.5. The molecule has 1 aromatic carbocycles. The van der Waals surface area contributed by atoms with Gasteiger partial charge in [0.05, 0.1) is 7.11 Å². The molecule has 0 aliphatic rings. The number of rotatable bonds is 2. The number of hydrogen-bond acceptors (Lipinski definition) is 4. The highest BCUT2D eigenvalue weighted by atomic mass is 16.5. The van der Waals surface area contributed by atoms with E-state index in [1.807, 2.05) is 52.8 Å². The Balaban J connectivity index is 2.68. The number of benzene rings is 1. The van der Waals surface area contributed by atoms with Gasteiger partial charge in [-0.1, -0.05) is 39.0 Å². The summed E-state index contributed by atoms with van der Waals surface area (Å²) in [5.41, 5.74) is 3.37. The quantitative estimate of drug-likeness (QED) is 0.782. The van der Waals surface area contributed by atoms with Crippen LogP contribution < -0.4 is 0 Å². The van der Waals surface area contributed by atoms with Crippen LogP contribution in [0.1, 0.15) is 48.1 Å². The Morgan fingerprint density at radius 1 is 1.19 bits per heavy atom. The van der Waals surface area contributed by atoms with Gasteiger partial charge in [0.2, 0.25) is 11.7 Å². The highest BCUT2D eigenvalue weighted by Crippen LogP contribution is 2.33. The molecule has 21 heavy (non-hydrogen) atoms. The van der Waals surface area contributed by atoms with Crippen molar-refractivity contribution in [1.29, 1.82) is 0 Å². The van der Waals surface area contributed by atoms with Crippen molar-refractivity contribution >= 4 is 5.97 Å². The zero-order valence-corrected chi connectivity index (χ0v) is 13.4. The zero-order valence-electron chi connectivity index (χ0n) is 13.4. The Morgan fingerprint density at radius 3 is 2.24 bits per heavy atom. The van der Waals surface area contributed by atoms with E-state index < -0.39 is 5.97 Å². The second-order valence-electron chi connectivity index (χ2n) is 6.21. The Kier molecular flexibility index (Phi) is 3.90. The highest BCUT2D eigenvalue weighted by molar-refractivity contribution is 5.88. The van der Waals surface area contributed by atoms with Gasteiger partial charge in [0.15, 0.2) is 0 Å². The van der Waals surface area contributed by atoms with Crippen LogP contribution in [-0.4, -0.2) is 18.1 Å². The van der Waals surface area contributed by atoms with E-state index in [-0.39, 0.29) is 11.2 Å². The SMILES string of the molecule is COC(=O)c1oc(-c2c(C)cccc2C)nc1C(C)(C)C. The van der Waals surface area contributed by atoms with Gasteiger partial charge in [0.25, 0.3) is 0 Å². The highest BCUT2D eigenvalue weighted by Gasteiger charge is 2.30. The van der Waals surface area contributed by atoms with E-state index in [0.29, 0.717) is 11.6 Å². The minimum absolute atomic E-state index is 0.183. The van der Waals surface area contributed by atoms with Gasteiger partial charge in [-0.25, -0.2) is 9.78 Å². The monoisotopic (exact) mass is 287 g/mol. The topological polar surface area (TPSA) is 52.3 Å². The van der Waals surface area contributed by atoms with Crippen LogP contribution in [0.2, 0.25) is 0 Å². The maximum atomic E-state index is 11.9. The number of nitrogens with zero attached hydrogens (tertiary/aromatic N) is 1. The molecule has 0 spiro atoms. The number of carbonyl (C=O) groups excluding carboxylic acids is 1. The van der Waals surface area contributed by atoms with Crippen LogP contribution in [0.25, 0.3) is 11.5 Å². The number of carbonyl (C=O) groups is 1. The molecule has 0 aliphatic carbocycles. The molecule has 4 heteroatoms. The van der Waals surface area contributed by atoms with E-state index in [0.717, 1.165) is 16.7 Å². The molecule has 4 nitrogen and oxygen atoms in total. The molecule has 1 aromatic heterocycles. The third kappa shape index (κ3) is 2.84. The van der Waals surface area contributed by atoms with Crippen molar-refractivity contribution < 1.29 is 13.9 Å². The molecule has 112 valence electrons. The Bertz CT molecular complexity index is 658. The van der Waals surface area contributed by atoms with Gasteiger partial charge < -0.3 is 9.15 Å². The van der Waals surface area contributed by atoms with E-state index in [1.165, 1.54) is 7.11 Å². The van der Waals surface area contributed by atoms with Crippen LogP contribution in [-0.2, 0) is 10.2 Å². The number of hydrogen-bond donors (Lipinski definition) is 0. The number of oxazole rings is 1. The molecule has 0 radical (unpaired) electrons. The van der Waals surface area contributed by atoms with Crippen LogP contribution in [0.3, 0.4) is 0 Å². The largest absolute Gasteiger partial charge is 0.463 e. The van der Waals surface area contributed by atoms with Gasteiger partial charge >= 0.3 is 5.97 Å². The van der Waals surface area contributed by atoms with E-state index in [4.69, 9.17) is 9.15 Å². The Labute approximate surface area is 125 Å². The average molecular weight is 287 g/mol. The van der Waals surface area contributed by atoms with Gasteiger partial charge in [0, 0.05) is 11.0 Å². The lowest BCUT2D eigenvalue weighted by molar-refractivity contribution is 0.0562. The van der Waals surface area contributed by atoms with Crippen molar-refractivity contribution in [2.45, 2.75) is 40.0 Å². The standard InChI is InChI=1S/C17H21NO3/c1-10-8-7-9-11(2)12(10)15-18-14(17(3,4)5)13(21-15)16(19)20-6/h7-9H,1-6H3. The maximum Gasteiger partial charge on any atom is 0.376 e. The van der Waals surface area contributed by atoms with Gasteiger partial charge in [-0.2, -0.15) is 0 Å². The van der Waals surface area contributed by atoms with Crippen molar-refractivity contribution in [3.05, 3.63) is 40.8 Å². The molecule has 0 unspecified atom stereocenters. The molecular formula is C17H21NO3. The summed E-state index contributed by atoms with van der Waals surface area (Å²) in [6.07, 6.45) is 0. The third-order valence-electron chi connectivity index (χ3n) is 3.40. The number of aryl methyl sites for hydroxylation is 2. The van der Waals surface area contributed by atoms with Crippen molar-refractivity contribution in [1.82, 2.24) is 4.98 Å². The lowest BCUT2D eigenvalue weighted by Gasteiger charge is -2.15. The molecule has 0 N–H and O–H groups in total. The molecule has 0 atom stereocenters. The fraction of sp³-hybridized carbons (Fsp3) is 0.412. The van der Waals surface area contributed by atoms with E-state index >= 15 is 0 Å². The number of esters is 1. The van der Waals surface area contributed by atoms with E-state index in [2.05, 4.69) is 4.98 Å². The molecule has 2 rings (SSSR count). The molecule has 2 aromatic rings. The lowest BCUT2D eigenvalue weighted by atomic mass is 9.91. The third-order valence-corrected chi connectivity index (χ3v) is 3.40. The van der Waals surface area contributed by atoms with E-state index in [9.17, 15) is 4.79 Å². The van der Waals surface area contributed by atoms with Gasteiger partial charge in [-0.05, 0) is 25.0 Å². The van der Waals surface area contributed by atoms with Crippen LogP contribution in [0.4, 0.5) is 0 Å². The maximum absolute atomic E-state index is 11.9. The normalized spacial score (nSPS) is 11.5. The minimum atomic E-state index is -0.495. The summed E-state index contributed by atoms with van der Waals surface area (Å²) < 4.78 is 10.6. The van der Waals surface area contributed by atoms with Crippen LogP contribution >= 0.6 is 0 Å². The summed E-state index contributed by atoms with van der Waals surface area (Å²) >= 11 is 0. The number of methoxy groups -OCH3 is 1. The molecule has 0 saturated carbocycles. The zero-order chi connectivity index (χ0) is 15.8.